The van der Waals surface area contributed by atoms with Crippen LogP contribution in [-0.4, -0.2) is 28.2 Å². The Morgan fingerprint density at radius 3 is 3.06 bits per heavy atom. The molecular formula is C12H19N3OS2. The van der Waals surface area contributed by atoms with Crippen LogP contribution in [0.2, 0.25) is 0 Å². The van der Waals surface area contributed by atoms with E-state index in [4.69, 9.17) is 5.73 Å². The Morgan fingerprint density at radius 1 is 1.72 bits per heavy atom. The van der Waals surface area contributed by atoms with Crippen molar-refractivity contribution < 1.29 is 4.79 Å². The number of nitrogens with one attached hydrogen (secondary N) is 1. The molecule has 0 spiro atoms. The van der Waals surface area contributed by atoms with Crippen LogP contribution in [-0.2, 0) is 4.79 Å². The predicted molar refractivity (Wildman–Crippen MR) is 75.8 cm³/mol. The van der Waals surface area contributed by atoms with E-state index in [-0.39, 0.29) is 5.91 Å². The molecular weight excluding hydrogens is 266 g/mol. The Hall–Kier alpha value is -0.590. The molecule has 0 aliphatic heterocycles. The van der Waals surface area contributed by atoms with Gasteiger partial charge in [0.15, 0.2) is 0 Å². The van der Waals surface area contributed by atoms with Gasteiger partial charge in [-0.3, -0.25) is 4.79 Å². The van der Waals surface area contributed by atoms with Crippen molar-refractivity contribution in [1.82, 2.24) is 10.3 Å². The smallest absolute Gasteiger partial charge is 0.237 e. The van der Waals surface area contributed by atoms with Gasteiger partial charge in [0.05, 0.1) is 5.54 Å². The summed E-state index contributed by atoms with van der Waals surface area (Å²) in [5, 5.41) is 5.34. The maximum absolute atomic E-state index is 11.5. The molecule has 1 aromatic rings. The van der Waals surface area contributed by atoms with Gasteiger partial charge in [-0.15, -0.1) is 11.3 Å². The minimum Gasteiger partial charge on any atom is -0.368 e. The molecule has 0 radical (unpaired) electrons. The zero-order valence-electron chi connectivity index (χ0n) is 10.5. The Kier molecular flexibility index (Phi) is 4.64. The number of carbonyl (C=O) groups excluding carboxylic acids is 1. The van der Waals surface area contributed by atoms with Crippen LogP contribution < -0.4 is 11.1 Å². The molecule has 1 atom stereocenters. The quantitative estimate of drug-likeness (QED) is 0.566. The Bertz CT molecular complexity index is 392. The van der Waals surface area contributed by atoms with Crippen molar-refractivity contribution in [1.29, 1.82) is 0 Å². The van der Waals surface area contributed by atoms with E-state index in [1.54, 1.807) is 23.1 Å². The molecule has 1 aliphatic carbocycles. The van der Waals surface area contributed by atoms with Crippen LogP contribution in [0.25, 0.3) is 0 Å². The lowest BCUT2D eigenvalue weighted by Gasteiger charge is -2.27. The Morgan fingerprint density at radius 2 is 2.50 bits per heavy atom. The van der Waals surface area contributed by atoms with E-state index in [1.165, 1.54) is 0 Å². The Balaban J connectivity index is 1.73. The fourth-order valence-corrected chi connectivity index (χ4v) is 3.46. The van der Waals surface area contributed by atoms with E-state index in [2.05, 4.69) is 10.3 Å². The number of amides is 1. The molecule has 0 bridgehead atoms. The minimum absolute atomic E-state index is 0.242. The average Bonchev–Trinajstić information content (AvgIpc) is 2.97. The molecule has 1 saturated carbocycles. The first kappa shape index (κ1) is 13.8. The summed E-state index contributed by atoms with van der Waals surface area (Å²) in [5.74, 6) is 0.733. The normalized spacial score (nSPS) is 18.5. The summed E-state index contributed by atoms with van der Waals surface area (Å²) in [6.07, 6.45) is 5.89. The van der Waals surface area contributed by atoms with Crippen molar-refractivity contribution >= 4 is 29.0 Å². The molecule has 0 aromatic carbocycles. The van der Waals surface area contributed by atoms with E-state index in [1.807, 2.05) is 18.5 Å². The summed E-state index contributed by atoms with van der Waals surface area (Å²) < 4.78 is 1.09. The average molecular weight is 285 g/mol. The maximum Gasteiger partial charge on any atom is 0.237 e. The van der Waals surface area contributed by atoms with Crippen molar-refractivity contribution in [2.24, 2.45) is 5.73 Å². The highest BCUT2D eigenvalue weighted by Gasteiger charge is 2.36. The number of hydrogen-bond acceptors (Lipinski definition) is 5. The van der Waals surface area contributed by atoms with Crippen LogP contribution in [0.5, 0.6) is 0 Å². The molecule has 1 aromatic heterocycles. The number of nitrogens with zero attached hydrogens (tertiary/aromatic N) is 1. The lowest BCUT2D eigenvalue weighted by molar-refractivity contribution is -0.124. The van der Waals surface area contributed by atoms with Gasteiger partial charge in [-0.2, -0.15) is 0 Å². The van der Waals surface area contributed by atoms with Gasteiger partial charge in [-0.1, -0.05) is 11.8 Å². The number of primary amides is 1. The van der Waals surface area contributed by atoms with Gasteiger partial charge in [0.25, 0.3) is 0 Å². The van der Waals surface area contributed by atoms with Crippen LogP contribution in [0, 0.1) is 0 Å². The number of carbonyl (C=O) groups is 1. The third-order valence-corrected chi connectivity index (χ3v) is 5.15. The van der Waals surface area contributed by atoms with Crippen molar-refractivity contribution in [2.75, 3.05) is 5.75 Å². The standard InChI is InChI=1S/C12H19N3OS2/c1-12(10(13)16,15-9-3-4-9)5-2-7-17-11-14-6-8-18-11/h6,8-9,15H,2-5,7H2,1H3,(H2,13,16). The number of aromatic nitrogens is 1. The highest BCUT2D eigenvalue weighted by atomic mass is 32.2. The topological polar surface area (TPSA) is 68.0 Å². The zero-order valence-corrected chi connectivity index (χ0v) is 12.1. The number of thioether (sulfide) groups is 1. The van der Waals surface area contributed by atoms with Crippen LogP contribution in [0.1, 0.15) is 32.6 Å². The number of rotatable bonds is 8. The molecule has 3 N–H and O–H groups in total. The maximum atomic E-state index is 11.5. The van der Waals surface area contributed by atoms with Gasteiger partial charge in [-0.05, 0) is 32.6 Å². The summed E-state index contributed by atoms with van der Waals surface area (Å²) in [5.41, 5.74) is 4.95. The molecule has 1 heterocycles. The van der Waals surface area contributed by atoms with E-state index in [0.717, 1.165) is 35.8 Å². The SMILES string of the molecule is CC(CCCSc1nccs1)(NC1CC1)C(N)=O. The second-order valence-electron chi connectivity index (χ2n) is 4.86. The third-order valence-electron chi connectivity index (χ3n) is 3.10. The van der Waals surface area contributed by atoms with Gasteiger partial charge in [0, 0.05) is 23.4 Å². The second kappa shape index (κ2) is 6.04. The largest absolute Gasteiger partial charge is 0.368 e. The van der Waals surface area contributed by atoms with Gasteiger partial charge < -0.3 is 11.1 Å². The first-order chi connectivity index (χ1) is 8.60. The highest BCUT2D eigenvalue weighted by molar-refractivity contribution is 8.00. The van der Waals surface area contributed by atoms with Crippen LogP contribution >= 0.6 is 23.1 Å². The van der Waals surface area contributed by atoms with E-state index >= 15 is 0 Å². The number of nitrogens with two attached hydrogens (primary N) is 1. The van der Waals surface area contributed by atoms with E-state index in [0.29, 0.717) is 6.04 Å². The van der Waals surface area contributed by atoms with Crippen molar-refractivity contribution in [3.8, 4) is 0 Å². The van der Waals surface area contributed by atoms with Crippen molar-refractivity contribution in [3.05, 3.63) is 11.6 Å². The summed E-state index contributed by atoms with van der Waals surface area (Å²) in [6, 6.07) is 0.495. The molecule has 0 saturated heterocycles. The lowest BCUT2D eigenvalue weighted by atomic mass is 9.95. The highest BCUT2D eigenvalue weighted by Crippen LogP contribution is 2.26. The van der Waals surface area contributed by atoms with Crippen molar-refractivity contribution in [2.45, 2.75) is 48.5 Å². The monoisotopic (exact) mass is 285 g/mol. The summed E-state index contributed by atoms with van der Waals surface area (Å²) in [6.45, 7) is 1.92. The third kappa shape index (κ3) is 3.96. The number of hydrogen-bond donors (Lipinski definition) is 2. The molecule has 6 heteroatoms. The van der Waals surface area contributed by atoms with Gasteiger partial charge in [0.1, 0.15) is 4.34 Å². The predicted octanol–water partition coefficient (Wildman–Crippen LogP) is 2.01. The molecule has 1 fully saturated rings. The summed E-state index contributed by atoms with van der Waals surface area (Å²) in [4.78, 5) is 15.8. The minimum atomic E-state index is -0.551. The van der Waals surface area contributed by atoms with Gasteiger partial charge >= 0.3 is 0 Å². The van der Waals surface area contributed by atoms with Gasteiger partial charge in [0.2, 0.25) is 5.91 Å². The molecule has 18 heavy (non-hydrogen) atoms. The van der Waals surface area contributed by atoms with Crippen LogP contribution in [0.15, 0.2) is 15.9 Å². The zero-order chi connectivity index (χ0) is 13.0. The molecule has 1 aliphatic rings. The first-order valence-corrected chi connectivity index (χ1v) is 8.06. The molecule has 100 valence electrons. The molecule has 4 nitrogen and oxygen atoms in total. The Labute approximate surface area is 116 Å². The second-order valence-corrected chi connectivity index (χ2v) is 7.10. The fourth-order valence-electron chi connectivity index (χ4n) is 1.81. The first-order valence-electron chi connectivity index (χ1n) is 6.20. The van der Waals surface area contributed by atoms with Crippen LogP contribution in [0.3, 0.4) is 0 Å². The fraction of sp³-hybridized carbons (Fsp3) is 0.667. The molecule has 2 rings (SSSR count). The molecule has 1 unspecified atom stereocenters. The number of thiazole rings is 1. The van der Waals surface area contributed by atoms with E-state index in [9.17, 15) is 4.79 Å². The van der Waals surface area contributed by atoms with Crippen LogP contribution in [0.4, 0.5) is 0 Å². The summed E-state index contributed by atoms with van der Waals surface area (Å²) >= 11 is 3.39. The van der Waals surface area contributed by atoms with E-state index < -0.39 is 5.54 Å². The summed E-state index contributed by atoms with van der Waals surface area (Å²) in [7, 11) is 0. The van der Waals surface area contributed by atoms with Crippen molar-refractivity contribution in [3.63, 3.8) is 0 Å². The molecule has 1 amide bonds. The lowest BCUT2D eigenvalue weighted by Crippen LogP contribution is -2.54. The van der Waals surface area contributed by atoms with Gasteiger partial charge in [-0.25, -0.2) is 4.98 Å².